The summed E-state index contributed by atoms with van der Waals surface area (Å²) in [6.07, 6.45) is -0.0292. The first-order chi connectivity index (χ1) is 10.1. The molecule has 1 aliphatic rings. The first kappa shape index (κ1) is 15.5. The number of ether oxygens (including phenoxy) is 1. The molecule has 6 nitrogen and oxygen atoms in total. The molecule has 2 N–H and O–H groups in total. The smallest absolute Gasteiger partial charge is 0.322 e. The largest absolute Gasteiger partial charge is 0.497 e. The number of urea groups is 1. The summed E-state index contributed by atoms with van der Waals surface area (Å²) in [5, 5.41) is 11.7. The lowest BCUT2D eigenvalue weighted by atomic mass is 10.2. The third-order valence-corrected chi connectivity index (χ3v) is 4.31. The van der Waals surface area contributed by atoms with Crippen molar-refractivity contribution in [3.63, 3.8) is 0 Å². The van der Waals surface area contributed by atoms with Gasteiger partial charge >= 0.3 is 12.0 Å². The lowest BCUT2D eigenvalue weighted by Gasteiger charge is -2.34. The third kappa shape index (κ3) is 4.29. The van der Waals surface area contributed by atoms with E-state index in [1.807, 2.05) is 0 Å². The third-order valence-electron chi connectivity index (χ3n) is 3.22. The molecule has 1 aromatic rings. The predicted octanol–water partition coefficient (Wildman–Crippen LogP) is 2.12. The van der Waals surface area contributed by atoms with Crippen LogP contribution in [-0.2, 0) is 4.79 Å². The highest BCUT2D eigenvalue weighted by Crippen LogP contribution is 2.22. The van der Waals surface area contributed by atoms with Crippen LogP contribution in [0.5, 0.6) is 5.75 Å². The van der Waals surface area contributed by atoms with Crippen LogP contribution in [0.25, 0.3) is 0 Å². The van der Waals surface area contributed by atoms with Gasteiger partial charge in [0.25, 0.3) is 0 Å². The summed E-state index contributed by atoms with van der Waals surface area (Å²) in [6, 6.07) is 6.53. The molecule has 114 valence electrons. The number of nitrogens with one attached hydrogen (secondary N) is 1. The molecule has 1 unspecified atom stereocenters. The molecule has 0 aliphatic carbocycles. The van der Waals surface area contributed by atoms with Crippen LogP contribution in [0.15, 0.2) is 24.3 Å². The van der Waals surface area contributed by atoms with Gasteiger partial charge in [-0.1, -0.05) is 6.07 Å². The Morgan fingerprint density at radius 3 is 3.05 bits per heavy atom. The van der Waals surface area contributed by atoms with Crippen LogP contribution >= 0.6 is 11.8 Å². The van der Waals surface area contributed by atoms with Crippen molar-refractivity contribution in [2.45, 2.75) is 12.5 Å². The van der Waals surface area contributed by atoms with Crippen molar-refractivity contribution in [2.24, 2.45) is 0 Å². The summed E-state index contributed by atoms with van der Waals surface area (Å²) in [4.78, 5) is 24.8. The summed E-state index contributed by atoms with van der Waals surface area (Å²) in [6.45, 7) is 0.554. The second kappa shape index (κ2) is 7.21. The number of benzene rings is 1. The second-order valence-electron chi connectivity index (χ2n) is 4.68. The lowest BCUT2D eigenvalue weighted by molar-refractivity contribution is -0.137. The van der Waals surface area contributed by atoms with Crippen molar-refractivity contribution >= 4 is 29.4 Å². The highest BCUT2D eigenvalue weighted by atomic mass is 32.2. The molecule has 1 saturated heterocycles. The number of anilines is 1. The molecular formula is C14H18N2O4S. The van der Waals surface area contributed by atoms with Crippen LogP contribution in [0.1, 0.15) is 6.42 Å². The maximum atomic E-state index is 12.3. The van der Waals surface area contributed by atoms with E-state index in [0.29, 0.717) is 23.7 Å². The minimum atomic E-state index is -0.887. The number of carbonyl (C=O) groups excluding carboxylic acids is 1. The Morgan fingerprint density at radius 2 is 2.33 bits per heavy atom. The summed E-state index contributed by atoms with van der Waals surface area (Å²) in [7, 11) is 1.56. The predicted molar refractivity (Wildman–Crippen MR) is 82.1 cm³/mol. The van der Waals surface area contributed by atoms with E-state index in [4.69, 9.17) is 9.84 Å². The number of rotatable bonds is 4. The monoisotopic (exact) mass is 310 g/mol. The van der Waals surface area contributed by atoms with Gasteiger partial charge < -0.3 is 20.1 Å². The van der Waals surface area contributed by atoms with Crippen molar-refractivity contribution in [1.29, 1.82) is 0 Å². The van der Waals surface area contributed by atoms with Gasteiger partial charge in [-0.15, -0.1) is 0 Å². The average Bonchev–Trinajstić information content (AvgIpc) is 2.47. The van der Waals surface area contributed by atoms with Gasteiger partial charge in [0.2, 0.25) is 0 Å². The normalized spacial score (nSPS) is 18.1. The van der Waals surface area contributed by atoms with Gasteiger partial charge in [-0.25, -0.2) is 4.79 Å². The number of methoxy groups -OCH3 is 1. The zero-order valence-corrected chi connectivity index (χ0v) is 12.6. The van der Waals surface area contributed by atoms with Crippen molar-refractivity contribution in [1.82, 2.24) is 4.90 Å². The number of aliphatic carboxylic acids is 1. The highest BCUT2D eigenvalue weighted by Gasteiger charge is 2.28. The Bertz CT molecular complexity index is 523. The quantitative estimate of drug-likeness (QED) is 0.890. The molecule has 0 aromatic heterocycles. The van der Waals surface area contributed by atoms with E-state index < -0.39 is 5.97 Å². The number of carboxylic acid groups (broad SMARTS) is 1. The molecule has 2 rings (SSSR count). The van der Waals surface area contributed by atoms with Crippen LogP contribution in [-0.4, -0.2) is 53.2 Å². The highest BCUT2D eigenvalue weighted by molar-refractivity contribution is 7.99. The van der Waals surface area contributed by atoms with Gasteiger partial charge in [0.15, 0.2) is 0 Å². The van der Waals surface area contributed by atoms with Crippen LogP contribution in [0.2, 0.25) is 0 Å². The number of nitrogens with zero attached hydrogens (tertiary/aromatic N) is 1. The minimum absolute atomic E-state index is 0.0292. The lowest BCUT2D eigenvalue weighted by Crippen LogP contribution is -2.48. The van der Waals surface area contributed by atoms with E-state index in [-0.39, 0.29) is 18.5 Å². The summed E-state index contributed by atoms with van der Waals surface area (Å²) in [5.41, 5.74) is 0.631. The number of thioether (sulfide) groups is 1. The fourth-order valence-corrected chi connectivity index (χ4v) is 3.25. The van der Waals surface area contributed by atoms with Crippen molar-refractivity contribution in [3.05, 3.63) is 24.3 Å². The molecule has 0 radical (unpaired) electrons. The van der Waals surface area contributed by atoms with E-state index in [1.54, 1.807) is 48.0 Å². The molecule has 0 saturated carbocycles. The summed E-state index contributed by atoms with van der Waals surface area (Å²) < 4.78 is 5.11. The fraction of sp³-hybridized carbons (Fsp3) is 0.429. The van der Waals surface area contributed by atoms with Gasteiger partial charge in [0.1, 0.15) is 5.75 Å². The van der Waals surface area contributed by atoms with Crippen LogP contribution in [0.3, 0.4) is 0 Å². The van der Waals surface area contributed by atoms with E-state index in [2.05, 4.69) is 5.32 Å². The number of amides is 2. The van der Waals surface area contributed by atoms with E-state index in [1.165, 1.54) is 0 Å². The number of hydrogen-bond donors (Lipinski definition) is 2. The maximum Gasteiger partial charge on any atom is 0.322 e. The molecule has 0 bridgehead atoms. The Hall–Kier alpha value is -1.89. The molecule has 1 aromatic carbocycles. The van der Waals surface area contributed by atoms with Crippen molar-refractivity contribution in [2.75, 3.05) is 30.5 Å². The number of carbonyl (C=O) groups is 2. The molecule has 21 heavy (non-hydrogen) atoms. The van der Waals surface area contributed by atoms with Crippen molar-refractivity contribution < 1.29 is 19.4 Å². The van der Waals surface area contributed by atoms with Gasteiger partial charge in [-0.2, -0.15) is 11.8 Å². The molecule has 7 heteroatoms. The summed E-state index contributed by atoms with van der Waals surface area (Å²) in [5.74, 6) is 1.24. The van der Waals surface area contributed by atoms with E-state index in [9.17, 15) is 9.59 Å². The first-order valence-electron chi connectivity index (χ1n) is 6.61. The maximum absolute atomic E-state index is 12.3. The van der Waals surface area contributed by atoms with E-state index >= 15 is 0 Å². The molecule has 1 fully saturated rings. The SMILES string of the molecule is COc1cccc(NC(=O)N2CCSCC2CC(=O)O)c1. The molecule has 1 aliphatic heterocycles. The average molecular weight is 310 g/mol. The molecule has 1 heterocycles. The van der Waals surface area contributed by atoms with Crippen molar-refractivity contribution in [3.8, 4) is 5.75 Å². The van der Waals surface area contributed by atoms with E-state index in [0.717, 1.165) is 5.75 Å². The molecule has 2 amide bonds. The zero-order valence-electron chi connectivity index (χ0n) is 11.7. The zero-order chi connectivity index (χ0) is 15.2. The van der Waals surface area contributed by atoms with Gasteiger partial charge in [0, 0.05) is 29.8 Å². The second-order valence-corrected chi connectivity index (χ2v) is 5.83. The Balaban J connectivity index is 2.04. The van der Waals surface area contributed by atoms with Crippen LogP contribution < -0.4 is 10.1 Å². The van der Waals surface area contributed by atoms with Gasteiger partial charge in [-0.05, 0) is 12.1 Å². The van der Waals surface area contributed by atoms with Gasteiger partial charge in [0.05, 0.1) is 19.6 Å². The Labute approximate surface area is 127 Å². The summed E-state index contributed by atoms with van der Waals surface area (Å²) >= 11 is 1.67. The van der Waals surface area contributed by atoms with Crippen LogP contribution in [0.4, 0.5) is 10.5 Å². The number of carboxylic acids is 1. The van der Waals surface area contributed by atoms with Crippen LogP contribution in [0, 0.1) is 0 Å². The molecule has 0 spiro atoms. The molecular weight excluding hydrogens is 292 g/mol. The first-order valence-corrected chi connectivity index (χ1v) is 7.77. The Kier molecular flexibility index (Phi) is 5.32. The Morgan fingerprint density at radius 1 is 1.52 bits per heavy atom. The molecule has 1 atom stereocenters. The topological polar surface area (TPSA) is 78.9 Å². The standard InChI is InChI=1S/C14H18N2O4S/c1-20-12-4-2-3-10(7-12)15-14(19)16-5-6-21-9-11(16)8-13(17)18/h2-4,7,11H,5-6,8-9H2,1H3,(H,15,19)(H,17,18). The minimum Gasteiger partial charge on any atom is -0.497 e. The number of hydrogen-bond acceptors (Lipinski definition) is 4. The van der Waals surface area contributed by atoms with Gasteiger partial charge in [-0.3, -0.25) is 4.79 Å². The fourth-order valence-electron chi connectivity index (χ4n) is 2.19.